The third-order valence-electron chi connectivity index (χ3n) is 5.55. The quantitative estimate of drug-likeness (QED) is 0.722. The number of ether oxygens (including phenoxy) is 1. The number of imide groups is 1. The number of urea groups is 1. The number of carbonyl (C=O) groups is 3. The van der Waals surface area contributed by atoms with Crippen LogP contribution in [0, 0.1) is 6.92 Å². The van der Waals surface area contributed by atoms with Gasteiger partial charge in [-0.3, -0.25) is 4.79 Å². The summed E-state index contributed by atoms with van der Waals surface area (Å²) in [7, 11) is 0. The Kier molecular flexibility index (Phi) is 6.06. The molecule has 0 bridgehead atoms. The van der Waals surface area contributed by atoms with Crippen LogP contribution in [0.5, 0.6) is 0 Å². The summed E-state index contributed by atoms with van der Waals surface area (Å²) >= 11 is 0. The summed E-state index contributed by atoms with van der Waals surface area (Å²) in [6.45, 7) is 3.32. The van der Waals surface area contributed by atoms with Gasteiger partial charge in [-0.15, -0.1) is 0 Å². The molecule has 2 aliphatic rings. The van der Waals surface area contributed by atoms with Gasteiger partial charge >= 0.3 is 12.1 Å². The Bertz CT molecular complexity index is 963. The molecule has 162 valence electrons. The Morgan fingerprint density at radius 2 is 2.00 bits per heavy atom. The van der Waals surface area contributed by atoms with Crippen molar-refractivity contribution in [3.05, 3.63) is 59.7 Å². The van der Waals surface area contributed by atoms with E-state index in [2.05, 4.69) is 10.6 Å². The lowest BCUT2D eigenvalue weighted by atomic mass is 10.1. The molecular formula is C23H26N4O4. The van der Waals surface area contributed by atoms with Gasteiger partial charge in [0.05, 0.1) is 12.2 Å². The third kappa shape index (κ3) is 4.79. The largest absolute Gasteiger partial charge is 0.445 e. The van der Waals surface area contributed by atoms with E-state index >= 15 is 0 Å². The lowest BCUT2D eigenvalue weighted by molar-refractivity contribution is -0.115. The van der Waals surface area contributed by atoms with Crippen molar-refractivity contribution in [1.82, 2.24) is 10.2 Å². The number of hydrogen-bond donors (Lipinski definition) is 2. The summed E-state index contributed by atoms with van der Waals surface area (Å²) in [5.41, 5.74) is 3.17. The van der Waals surface area contributed by atoms with Crippen LogP contribution in [0.15, 0.2) is 48.5 Å². The van der Waals surface area contributed by atoms with Crippen molar-refractivity contribution in [3.63, 3.8) is 0 Å². The molecule has 2 aromatic carbocycles. The second kappa shape index (κ2) is 9.07. The number of likely N-dealkylation sites (tertiary alicyclic amines) is 1. The number of anilines is 2. The van der Waals surface area contributed by atoms with E-state index < -0.39 is 6.03 Å². The fraction of sp³-hybridized carbons (Fsp3) is 0.348. The molecule has 8 heteroatoms. The van der Waals surface area contributed by atoms with Crippen LogP contribution in [0.25, 0.3) is 0 Å². The van der Waals surface area contributed by atoms with Gasteiger partial charge in [0.1, 0.15) is 6.61 Å². The van der Waals surface area contributed by atoms with Crippen LogP contribution in [0.2, 0.25) is 0 Å². The molecule has 0 spiro atoms. The predicted octanol–water partition coefficient (Wildman–Crippen LogP) is 3.26. The molecule has 2 aromatic rings. The Labute approximate surface area is 181 Å². The Hall–Kier alpha value is -3.55. The maximum atomic E-state index is 12.5. The number of nitrogens with one attached hydrogen (secondary N) is 2. The minimum absolute atomic E-state index is 0.0125. The number of amides is 4. The van der Waals surface area contributed by atoms with Gasteiger partial charge in [-0.2, -0.15) is 0 Å². The number of hydrogen-bond acceptors (Lipinski definition) is 5. The second-order valence-corrected chi connectivity index (χ2v) is 7.86. The van der Waals surface area contributed by atoms with Gasteiger partial charge in [-0.25, -0.2) is 14.5 Å². The Balaban J connectivity index is 1.38. The van der Waals surface area contributed by atoms with Crippen LogP contribution in [-0.2, 0) is 16.1 Å². The molecule has 0 saturated carbocycles. The number of benzene rings is 2. The normalized spacial score (nSPS) is 18.7. The topological polar surface area (TPSA) is 91.0 Å². The van der Waals surface area contributed by atoms with E-state index in [9.17, 15) is 14.4 Å². The van der Waals surface area contributed by atoms with Gasteiger partial charge in [-0.05, 0) is 43.0 Å². The van der Waals surface area contributed by atoms with Crippen molar-refractivity contribution in [1.29, 1.82) is 0 Å². The van der Waals surface area contributed by atoms with Crippen LogP contribution in [-0.4, -0.2) is 48.6 Å². The van der Waals surface area contributed by atoms with Crippen molar-refractivity contribution in [2.75, 3.05) is 29.9 Å². The highest BCUT2D eigenvalue weighted by Crippen LogP contribution is 2.27. The molecule has 2 saturated heterocycles. The zero-order chi connectivity index (χ0) is 21.8. The highest BCUT2D eigenvalue weighted by Gasteiger charge is 2.31. The van der Waals surface area contributed by atoms with E-state index in [0.717, 1.165) is 29.7 Å². The predicted molar refractivity (Wildman–Crippen MR) is 117 cm³/mol. The van der Waals surface area contributed by atoms with E-state index in [0.29, 0.717) is 18.8 Å². The molecule has 2 N–H and O–H groups in total. The Morgan fingerprint density at radius 3 is 2.74 bits per heavy atom. The average molecular weight is 422 g/mol. The summed E-state index contributed by atoms with van der Waals surface area (Å²) < 4.78 is 5.46. The molecule has 0 aliphatic carbocycles. The fourth-order valence-electron chi connectivity index (χ4n) is 3.91. The van der Waals surface area contributed by atoms with Gasteiger partial charge in [-0.1, -0.05) is 36.4 Å². The van der Waals surface area contributed by atoms with Crippen molar-refractivity contribution < 1.29 is 19.1 Å². The molecule has 4 rings (SSSR count). The van der Waals surface area contributed by atoms with Gasteiger partial charge in [0.15, 0.2) is 0 Å². The van der Waals surface area contributed by atoms with E-state index in [1.54, 1.807) is 4.90 Å². The first-order chi connectivity index (χ1) is 15.0. The first kappa shape index (κ1) is 20.7. The number of carbonyl (C=O) groups excluding carboxylic acids is 3. The zero-order valence-corrected chi connectivity index (χ0v) is 17.5. The van der Waals surface area contributed by atoms with Crippen LogP contribution in [0.4, 0.5) is 21.0 Å². The monoisotopic (exact) mass is 422 g/mol. The van der Waals surface area contributed by atoms with Crippen LogP contribution < -0.4 is 15.5 Å². The summed E-state index contributed by atoms with van der Waals surface area (Å²) in [6, 6.07) is 14.9. The van der Waals surface area contributed by atoms with Gasteiger partial charge in [0.2, 0.25) is 0 Å². The van der Waals surface area contributed by atoms with Gasteiger partial charge in [0, 0.05) is 24.8 Å². The molecule has 31 heavy (non-hydrogen) atoms. The fourth-order valence-corrected chi connectivity index (χ4v) is 3.91. The number of aryl methyl sites for hydroxylation is 1. The Morgan fingerprint density at radius 1 is 1.19 bits per heavy atom. The van der Waals surface area contributed by atoms with E-state index in [-0.39, 0.29) is 31.2 Å². The number of rotatable bonds is 5. The molecule has 2 heterocycles. The highest BCUT2D eigenvalue weighted by molar-refractivity contribution is 6.20. The maximum Gasteiger partial charge on any atom is 0.410 e. The van der Waals surface area contributed by atoms with Crippen molar-refractivity contribution >= 4 is 29.4 Å². The van der Waals surface area contributed by atoms with Crippen molar-refractivity contribution in [2.45, 2.75) is 32.4 Å². The molecule has 0 radical (unpaired) electrons. The molecule has 0 aromatic heterocycles. The summed E-state index contributed by atoms with van der Waals surface area (Å²) in [5, 5.41) is 5.99. The van der Waals surface area contributed by atoms with E-state index in [1.807, 2.05) is 55.5 Å². The number of piperidine rings is 1. The zero-order valence-electron chi connectivity index (χ0n) is 17.5. The van der Waals surface area contributed by atoms with Gasteiger partial charge in [0.25, 0.3) is 5.91 Å². The van der Waals surface area contributed by atoms with Crippen LogP contribution >= 0.6 is 0 Å². The van der Waals surface area contributed by atoms with Crippen molar-refractivity contribution in [2.24, 2.45) is 0 Å². The van der Waals surface area contributed by atoms with Crippen molar-refractivity contribution in [3.8, 4) is 0 Å². The summed E-state index contributed by atoms with van der Waals surface area (Å²) in [5.74, 6) is -0.268. The first-order valence-corrected chi connectivity index (χ1v) is 10.4. The lowest BCUT2D eigenvalue weighted by Gasteiger charge is -2.33. The maximum absolute atomic E-state index is 12.5. The molecule has 4 amide bonds. The molecule has 2 aliphatic heterocycles. The van der Waals surface area contributed by atoms with E-state index in [4.69, 9.17) is 4.74 Å². The highest BCUT2D eigenvalue weighted by atomic mass is 16.6. The van der Waals surface area contributed by atoms with Crippen LogP contribution in [0.3, 0.4) is 0 Å². The SMILES string of the molecule is Cc1ccc(NC2CCCN(C(=O)OCc3ccccc3)C2)cc1N1C(=O)CNC1=O. The molecule has 8 nitrogen and oxygen atoms in total. The third-order valence-corrected chi connectivity index (χ3v) is 5.55. The smallest absolute Gasteiger partial charge is 0.410 e. The molecule has 1 unspecified atom stereocenters. The van der Waals surface area contributed by atoms with Crippen LogP contribution in [0.1, 0.15) is 24.0 Å². The second-order valence-electron chi connectivity index (χ2n) is 7.86. The summed E-state index contributed by atoms with van der Waals surface area (Å²) in [6.07, 6.45) is 1.46. The molecule has 1 atom stereocenters. The number of nitrogens with zero attached hydrogens (tertiary/aromatic N) is 2. The van der Waals surface area contributed by atoms with E-state index in [1.165, 1.54) is 4.90 Å². The standard InChI is InChI=1S/C23H26N4O4/c1-16-9-10-18(12-20(16)27-21(28)13-24-22(27)29)25-19-8-5-11-26(14-19)23(30)31-15-17-6-3-2-4-7-17/h2-4,6-7,9-10,12,19,25H,5,8,11,13-15H2,1H3,(H,24,29). The minimum atomic E-state index is -0.407. The first-order valence-electron chi connectivity index (χ1n) is 10.4. The lowest BCUT2D eigenvalue weighted by Crippen LogP contribution is -2.45. The summed E-state index contributed by atoms with van der Waals surface area (Å²) in [4.78, 5) is 39.5. The molecular weight excluding hydrogens is 396 g/mol. The van der Waals surface area contributed by atoms with Gasteiger partial charge < -0.3 is 20.3 Å². The minimum Gasteiger partial charge on any atom is -0.445 e. The average Bonchev–Trinajstić information content (AvgIpc) is 3.12. The molecule has 2 fully saturated rings.